The molecular formula is C17H24ClN5. The van der Waals surface area contributed by atoms with Gasteiger partial charge in [0, 0.05) is 37.2 Å². The number of hydrogen-bond acceptors (Lipinski definition) is 4. The summed E-state index contributed by atoms with van der Waals surface area (Å²) in [7, 11) is 0. The summed E-state index contributed by atoms with van der Waals surface area (Å²) in [4.78, 5) is 2.44. The predicted molar refractivity (Wildman–Crippen MR) is 92.5 cm³/mol. The molecule has 23 heavy (non-hydrogen) atoms. The summed E-state index contributed by atoms with van der Waals surface area (Å²) in [5, 5.41) is 12.9. The molecule has 0 amide bonds. The molecule has 3 rings (SSSR count). The molecule has 124 valence electrons. The number of hydrogen-bond donors (Lipinski definition) is 1. The van der Waals surface area contributed by atoms with Crippen LogP contribution in [0.25, 0.3) is 0 Å². The minimum absolute atomic E-state index is 0.0406. The zero-order chi connectivity index (χ0) is 16.4. The molecule has 2 heterocycles. The van der Waals surface area contributed by atoms with Crippen LogP contribution in [-0.4, -0.2) is 39.5 Å². The average Bonchev–Trinajstić information content (AvgIpc) is 2.96. The third-order valence-corrected chi connectivity index (χ3v) is 4.42. The number of piperazine rings is 1. The standard InChI is InChI=1S/C17H24ClN5/c1-17(2,3)23-12-15(20-21-23)11-22-8-7-19-10-16(22)13-5-4-6-14(18)9-13/h4-6,9,12,16,19H,7-8,10-11H2,1-3H3. The maximum atomic E-state index is 6.16. The minimum Gasteiger partial charge on any atom is -0.314 e. The van der Waals surface area contributed by atoms with Crippen LogP contribution < -0.4 is 5.32 Å². The Morgan fingerprint density at radius 2 is 2.17 bits per heavy atom. The van der Waals surface area contributed by atoms with Crippen molar-refractivity contribution in [2.24, 2.45) is 0 Å². The summed E-state index contributed by atoms with van der Waals surface area (Å²) < 4.78 is 1.93. The number of nitrogens with zero attached hydrogens (tertiary/aromatic N) is 4. The van der Waals surface area contributed by atoms with E-state index in [9.17, 15) is 0 Å². The van der Waals surface area contributed by atoms with Crippen molar-refractivity contribution < 1.29 is 0 Å². The van der Waals surface area contributed by atoms with E-state index in [0.717, 1.165) is 36.9 Å². The van der Waals surface area contributed by atoms with Gasteiger partial charge in [0.2, 0.25) is 0 Å². The van der Waals surface area contributed by atoms with Gasteiger partial charge < -0.3 is 5.32 Å². The third-order valence-electron chi connectivity index (χ3n) is 4.18. The van der Waals surface area contributed by atoms with Crippen molar-refractivity contribution in [2.45, 2.75) is 38.9 Å². The van der Waals surface area contributed by atoms with Crippen molar-refractivity contribution in [2.75, 3.05) is 19.6 Å². The Morgan fingerprint density at radius 1 is 1.35 bits per heavy atom. The molecule has 0 spiro atoms. The quantitative estimate of drug-likeness (QED) is 0.938. The van der Waals surface area contributed by atoms with Crippen LogP contribution in [0, 0.1) is 0 Å². The van der Waals surface area contributed by atoms with Crippen molar-refractivity contribution in [3.05, 3.63) is 46.7 Å². The van der Waals surface area contributed by atoms with Gasteiger partial charge in [-0.2, -0.15) is 0 Å². The highest BCUT2D eigenvalue weighted by Gasteiger charge is 2.25. The largest absolute Gasteiger partial charge is 0.314 e. The maximum absolute atomic E-state index is 6.16. The van der Waals surface area contributed by atoms with Gasteiger partial charge in [-0.05, 0) is 38.5 Å². The lowest BCUT2D eigenvalue weighted by Crippen LogP contribution is -2.45. The van der Waals surface area contributed by atoms with Crippen LogP contribution in [0.1, 0.15) is 38.1 Å². The summed E-state index contributed by atoms with van der Waals surface area (Å²) in [6.07, 6.45) is 2.05. The van der Waals surface area contributed by atoms with E-state index in [1.165, 1.54) is 5.56 Å². The molecular weight excluding hydrogens is 310 g/mol. The van der Waals surface area contributed by atoms with Gasteiger partial charge in [0.1, 0.15) is 0 Å². The Hall–Kier alpha value is -1.43. The monoisotopic (exact) mass is 333 g/mol. The molecule has 1 fully saturated rings. The van der Waals surface area contributed by atoms with Crippen molar-refractivity contribution >= 4 is 11.6 Å². The third kappa shape index (κ3) is 3.91. The number of rotatable bonds is 3. The van der Waals surface area contributed by atoms with Gasteiger partial charge in [0.25, 0.3) is 0 Å². The van der Waals surface area contributed by atoms with Crippen LogP contribution in [-0.2, 0) is 12.1 Å². The maximum Gasteiger partial charge on any atom is 0.0967 e. The fraction of sp³-hybridized carbons (Fsp3) is 0.529. The molecule has 1 saturated heterocycles. The molecule has 6 heteroatoms. The van der Waals surface area contributed by atoms with Crippen LogP contribution in [0.5, 0.6) is 0 Å². The first kappa shape index (κ1) is 16.4. The molecule has 1 aromatic heterocycles. The van der Waals surface area contributed by atoms with Crippen LogP contribution in [0.4, 0.5) is 0 Å². The van der Waals surface area contributed by atoms with Crippen molar-refractivity contribution in [3.63, 3.8) is 0 Å². The number of halogens is 1. The molecule has 1 N–H and O–H groups in total. The molecule has 1 unspecified atom stereocenters. The van der Waals surface area contributed by atoms with Gasteiger partial charge in [-0.25, -0.2) is 4.68 Å². The number of nitrogens with one attached hydrogen (secondary N) is 1. The van der Waals surface area contributed by atoms with Crippen molar-refractivity contribution in [1.29, 1.82) is 0 Å². The fourth-order valence-corrected chi connectivity index (χ4v) is 3.08. The molecule has 0 radical (unpaired) electrons. The highest BCUT2D eigenvalue weighted by Crippen LogP contribution is 2.26. The Bertz CT molecular complexity index is 661. The second kappa shape index (κ2) is 6.59. The van der Waals surface area contributed by atoms with E-state index >= 15 is 0 Å². The van der Waals surface area contributed by atoms with Crippen molar-refractivity contribution in [3.8, 4) is 0 Å². The van der Waals surface area contributed by atoms with Crippen LogP contribution in [0.2, 0.25) is 5.02 Å². The van der Waals surface area contributed by atoms with Gasteiger partial charge in [-0.3, -0.25) is 4.90 Å². The molecule has 0 bridgehead atoms. The number of benzene rings is 1. The second-order valence-corrected chi connectivity index (χ2v) is 7.51. The Balaban J connectivity index is 1.78. The van der Waals surface area contributed by atoms with E-state index < -0.39 is 0 Å². The van der Waals surface area contributed by atoms with E-state index in [1.54, 1.807) is 0 Å². The lowest BCUT2D eigenvalue weighted by Gasteiger charge is -2.36. The van der Waals surface area contributed by atoms with Crippen LogP contribution >= 0.6 is 11.6 Å². The van der Waals surface area contributed by atoms with E-state index in [0.29, 0.717) is 6.04 Å². The zero-order valence-corrected chi connectivity index (χ0v) is 14.7. The highest BCUT2D eigenvalue weighted by molar-refractivity contribution is 6.30. The Morgan fingerprint density at radius 3 is 2.87 bits per heavy atom. The summed E-state index contributed by atoms with van der Waals surface area (Å²) in [6.45, 7) is 10.1. The van der Waals surface area contributed by atoms with Crippen molar-refractivity contribution in [1.82, 2.24) is 25.2 Å². The van der Waals surface area contributed by atoms with Crippen LogP contribution in [0.15, 0.2) is 30.5 Å². The normalized spacial score (nSPS) is 19.9. The minimum atomic E-state index is -0.0406. The smallest absolute Gasteiger partial charge is 0.0967 e. The molecule has 0 saturated carbocycles. The zero-order valence-electron chi connectivity index (χ0n) is 14.0. The summed E-state index contributed by atoms with van der Waals surface area (Å²) in [5.41, 5.74) is 2.21. The molecule has 5 nitrogen and oxygen atoms in total. The van der Waals surface area contributed by atoms with E-state index in [-0.39, 0.29) is 5.54 Å². The average molecular weight is 334 g/mol. The number of aromatic nitrogens is 3. The SMILES string of the molecule is CC(C)(C)n1cc(CN2CCNCC2c2cccc(Cl)c2)nn1. The first-order valence-electron chi connectivity index (χ1n) is 8.05. The van der Waals surface area contributed by atoms with E-state index in [1.807, 2.05) is 16.8 Å². The Kier molecular flexibility index (Phi) is 4.71. The van der Waals surface area contributed by atoms with Gasteiger partial charge in [0.05, 0.1) is 17.4 Å². The molecule has 2 aromatic rings. The molecule has 1 atom stereocenters. The lowest BCUT2D eigenvalue weighted by atomic mass is 10.0. The molecule has 1 aromatic carbocycles. The lowest BCUT2D eigenvalue weighted by molar-refractivity contribution is 0.152. The topological polar surface area (TPSA) is 46.0 Å². The molecule has 1 aliphatic heterocycles. The highest BCUT2D eigenvalue weighted by atomic mass is 35.5. The first-order chi connectivity index (χ1) is 10.9. The van der Waals surface area contributed by atoms with Gasteiger partial charge in [-0.1, -0.05) is 28.9 Å². The van der Waals surface area contributed by atoms with Gasteiger partial charge >= 0.3 is 0 Å². The molecule has 0 aliphatic carbocycles. The summed E-state index contributed by atoms with van der Waals surface area (Å²) in [6, 6.07) is 8.43. The first-order valence-corrected chi connectivity index (χ1v) is 8.43. The van der Waals surface area contributed by atoms with Gasteiger partial charge in [-0.15, -0.1) is 5.10 Å². The second-order valence-electron chi connectivity index (χ2n) is 7.07. The summed E-state index contributed by atoms with van der Waals surface area (Å²) in [5.74, 6) is 0. The van der Waals surface area contributed by atoms with Crippen LogP contribution in [0.3, 0.4) is 0 Å². The van der Waals surface area contributed by atoms with Gasteiger partial charge in [0.15, 0.2) is 0 Å². The predicted octanol–water partition coefficient (Wildman–Crippen LogP) is 2.83. The fourth-order valence-electron chi connectivity index (χ4n) is 2.88. The van der Waals surface area contributed by atoms with E-state index in [4.69, 9.17) is 11.6 Å². The van der Waals surface area contributed by atoms with E-state index in [2.05, 4.69) is 59.6 Å². The Labute approximate surface area is 142 Å². The summed E-state index contributed by atoms with van der Waals surface area (Å²) >= 11 is 6.16. The molecule has 1 aliphatic rings.